The standard InChI is InChI=1S/C20H13Cl2N3.ClH/c21-14-10-8-13(9-11-14)19-24-18-7-2-1-6-17(18)20(25-19)23-16-5-3-4-15(22)12-16;/h1-12H,(H,23,24,25);1H. The molecule has 0 aliphatic rings. The predicted molar refractivity (Wildman–Crippen MR) is 112 cm³/mol. The molecule has 0 spiro atoms. The van der Waals surface area contributed by atoms with Gasteiger partial charge >= 0.3 is 0 Å². The molecule has 0 aliphatic carbocycles. The number of para-hydroxylation sites is 1. The number of hydrogen-bond acceptors (Lipinski definition) is 3. The molecule has 26 heavy (non-hydrogen) atoms. The Bertz CT molecular complexity index is 1050. The Morgan fingerprint density at radius 3 is 2.27 bits per heavy atom. The predicted octanol–water partition coefficient (Wildman–Crippen LogP) is 6.77. The molecule has 0 radical (unpaired) electrons. The first-order valence-corrected chi connectivity index (χ1v) is 8.50. The van der Waals surface area contributed by atoms with Crippen molar-refractivity contribution >= 4 is 58.0 Å². The number of rotatable bonds is 3. The molecular weight excluding hydrogens is 389 g/mol. The fraction of sp³-hybridized carbons (Fsp3) is 0. The van der Waals surface area contributed by atoms with Gasteiger partial charge in [0.15, 0.2) is 5.82 Å². The lowest BCUT2D eigenvalue weighted by Gasteiger charge is -2.11. The van der Waals surface area contributed by atoms with Crippen molar-refractivity contribution in [2.24, 2.45) is 0 Å². The van der Waals surface area contributed by atoms with Gasteiger partial charge in [-0.05, 0) is 54.6 Å². The average molecular weight is 403 g/mol. The Hall–Kier alpha value is -2.33. The molecule has 1 aromatic heterocycles. The van der Waals surface area contributed by atoms with Gasteiger partial charge < -0.3 is 5.32 Å². The molecule has 0 saturated carbocycles. The molecule has 130 valence electrons. The molecule has 0 fully saturated rings. The van der Waals surface area contributed by atoms with E-state index in [2.05, 4.69) is 10.3 Å². The molecule has 4 rings (SSSR count). The van der Waals surface area contributed by atoms with E-state index in [0.717, 1.165) is 28.0 Å². The summed E-state index contributed by atoms with van der Waals surface area (Å²) in [5.74, 6) is 1.37. The zero-order valence-electron chi connectivity index (χ0n) is 13.5. The van der Waals surface area contributed by atoms with E-state index in [1.54, 1.807) is 0 Å². The first-order chi connectivity index (χ1) is 12.2. The van der Waals surface area contributed by atoms with Gasteiger partial charge in [0.25, 0.3) is 0 Å². The highest BCUT2D eigenvalue weighted by Gasteiger charge is 2.10. The summed E-state index contributed by atoms with van der Waals surface area (Å²) < 4.78 is 0. The maximum Gasteiger partial charge on any atom is 0.162 e. The molecule has 0 bridgehead atoms. The second kappa shape index (κ2) is 7.92. The van der Waals surface area contributed by atoms with Crippen molar-refractivity contribution in [1.29, 1.82) is 0 Å². The summed E-state index contributed by atoms with van der Waals surface area (Å²) in [5.41, 5.74) is 2.65. The Morgan fingerprint density at radius 1 is 0.731 bits per heavy atom. The first-order valence-electron chi connectivity index (χ1n) is 7.74. The van der Waals surface area contributed by atoms with E-state index in [1.807, 2.05) is 72.8 Å². The number of benzene rings is 3. The van der Waals surface area contributed by atoms with E-state index in [0.29, 0.717) is 15.9 Å². The summed E-state index contributed by atoms with van der Waals surface area (Å²) >= 11 is 12.1. The van der Waals surface area contributed by atoms with Crippen LogP contribution in [0, 0.1) is 0 Å². The van der Waals surface area contributed by atoms with E-state index in [1.165, 1.54) is 0 Å². The second-order valence-electron chi connectivity index (χ2n) is 5.56. The van der Waals surface area contributed by atoms with Crippen molar-refractivity contribution in [2.75, 3.05) is 5.32 Å². The molecule has 3 nitrogen and oxygen atoms in total. The minimum atomic E-state index is 0. The fourth-order valence-corrected chi connectivity index (χ4v) is 2.92. The first kappa shape index (κ1) is 18.5. The molecule has 6 heteroatoms. The molecule has 3 aromatic carbocycles. The zero-order chi connectivity index (χ0) is 17.2. The van der Waals surface area contributed by atoms with Gasteiger partial charge in [-0.3, -0.25) is 0 Å². The van der Waals surface area contributed by atoms with E-state index in [9.17, 15) is 0 Å². The molecule has 0 amide bonds. The number of anilines is 2. The van der Waals surface area contributed by atoms with Gasteiger partial charge in [0.2, 0.25) is 0 Å². The van der Waals surface area contributed by atoms with E-state index >= 15 is 0 Å². The van der Waals surface area contributed by atoms with Crippen molar-refractivity contribution in [3.63, 3.8) is 0 Å². The highest BCUT2D eigenvalue weighted by atomic mass is 35.5. The normalized spacial score (nSPS) is 10.4. The third kappa shape index (κ3) is 3.91. The molecule has 0 aliphatic heterocycles. The van der Waals surface area contributed by atoms with Crippen LogP contribution in [0.3, 0.4) is 0 Å². The van der Waals surface area contributed by atoms with Crippen molar-refractivity contribution in [3.05, 3.63) is 82.8 Å². The fourth-order valence-electron chi connectivity index (χ4n) is 2.60. The minimum absolute atomic E-state index is 0. The number of hydrogen-bond donors (Lipinski definition) is 1. The Labute approximate surface area is 167 Å². The lowest BCUT2D eigenvalue weighted by molar-refractivity contribution is 1.22. The second-order valence-corrected chi connectivity index (χ2v) is 6.43. The molecule has 0 unspecified atom stereocenters. The van der Waals surface area contributed by atoms with Crippen LogP contribution in [0.25, 0.3) is 22.3 Å². The van der Waals surface area contributed by atoms with Crippen molar-refractivity contribution in [3.8, 4) is 11.4 Å². The lowest BCUT2D eigenvalue weighted by Crippen LogP contribution is -1.99. The van der Waals surface area contributed by atoms with Crippen LogP contribution in [-0.2, 0) is 0 Å². The largest absolute Gasteiger partial charge is 0.340 e. The van der Waals surface area contributed by atoms with Crippen LogP contribution < -0.4 is 5.32 Å². The van der Waals surface area contributed by atoms with Gasteiger partial charge in [-0.1, -0.05) is 41.4 Å². The highest BCUT2D eigenvalue weighted by molar-refractivity contribution is 6.31. The smallest absolute Gasteiger partial charge is 0.162 e. The number of aromatic nitrogens is 2. The van der Waals surface area contributed by atoms with Crippen molar-refractivity contribution in [1.82, 2.24) is 9.97 Å². The summed E-state index contributed by atoms with van der Waals surface area (Å²) in [4.78, 5) is 9.39. The summed E-state index contributed by atoms with van der Waals surface area (Å²) in [6.07, 6.45) is 0. The van der Waals surface area contributed by atoms with Gasteiger partial charge in [0.05, 0.1) is 5.52 Å². The molecule has 4 aromatic rings. The van der Waals surface area contributed by atoms with Gasteiger partial charge in [0.1, 0.15) is 5.82 Å². The quantitative estimate of drug-likeness (QED) is 0.411. The Balaban J connectivity index is 0.00000196. The van der Waals surface area contributed by atoms with Crippen molar-refractivity contribution < 1.29 is 0 Å². The summed E-state index contributed by atoms with van der Waals surface area (Å²) in [6.45, 7) is 0. The van der Waals surface area contributed by atoms with E-state index in [-0.39, 0.29) is 12.4 Å². The zero-order valence-corrected chi connectivity index (χ0v) is 15.8. The molecule has 1 N–H and O–H groups in total. The SMILES string of the molecule is Cl.Clc1ccc(-c2nc(Nc3cccc(Cl)c3)c3ccccc3n2)cc1. The lowest BCUT2D eigenvalue weighted by atomic mass is 10.2. The van der Waals surface area contributed by atoms with Crippen LogP contribution in [0.2, 0.25) is 10.0 Å². The maximum atomic E-state index is 6.09. The summed E-state index contributed by atoms with van der Waals surface area (Å²) in [7, 11) is 0. The topological polar surface area (TPSA) is 37.8 Å². The summed E-state index contributed by atoms with van der Waals surface area (Å²) in [6, 6.07) is 22.9. The summed E-state index contributed by atoms with van der Waals surface area (Å²) in [5, 5.41) is 5.64. The van der Waals surface area contributed by atoms with Gasteiger partial charge in [-0.25, -0.2) is 9.97 Å². The van der Waals surface area contributed by atoms with Gasteiger partial charge in [-0.2, -0.15) is 0 Å². The monoisotopic (exact) mass is 401 g/mol. The molecule has 0 saturated heterocycles. The third-order valence-corrected chi connectivity index (χ3v) is 4.28. The van der Waals surface area contributed by atoms with Crippen LogP contribution in [-0.4, -0.2) is 9.97 Å². The minimum Gasteiger partial charge on any atom is -0.340 e. The molecule has 0 atom stereocenters. The number of fused-ring (bicyclic) bond motifs is 1. The maximum absolute atomic E-state index is 6.09. The van der Waals surface area contributed by atoms with Crippen LogP contribution in [0.4, 0.5) is 11.5 Å². The Kier molecular flexibility index (Phi) is 5.62. The number of halogens is 3. The number of nitrogens with one attached hydrogen (secondary N) is 1. The van der Waals surface area contributed by atoms with Crippen molar-refractivity contribution in [2.45, 2.75) is 0 Å². The van der Waals surface area contributed by atoms with Gasteiger partial charge in [0, 0.05) is 26.7 Å². The van der Waals surface area contributed by atoms with Crippen LogP contribution in [0.15, 0.2) is 72.8 Å². The third-order valence-electron chi connectivity index (χ3n) is 3.79. The van der Waals surface area contributed by atoms with E-state index in [4.69, 9.17) is 28.2 Å². The molecule has 1 heterocycles. The van der Waals surface area contributed by atoms with Crippen LogP contribution in [0.1, 0.15) is 0 Å². The highest BCUT2D eigenvalue weighted by Crippen LogP contribution is 2.28. The van der Waals surface area contributed by atoms with Crippen LogP contribution in [0.5, 0.6) is 0 Å². The average Bonchev–Trinajstić information content (AvgIpc) is 2.62. The van der Waals surface area contributed by atoms with Gasteiger partial charge in [-0.15, -0.1) is 12.4 Å². The van der Waals surface area contributed by atoms with Crippen LogP contribution >= 0.6 is 35.6 Å². The Morgan fingerprint density at radius 2 is 1.50 bits per heavy atom. The number of nitrogens with zero attached hydrogens (tertiary/aromatic N) is 2. The van der Waals surface area contributed by atoms with E-state index < -0.39 is 0 Å². The molecular formula is C20H14Cl3N3.